The van der Waals surface area contributed by atoms with Gasteiger partial charge < -0.3 is 10.4 Å². The molecule has 1 rings (SSSR count). The van der Waals surface area contributed by atoms with Crippen molar-refractivity contribution in [1.29, 1.82) is 5.26 Å². The molecule has 6 heteroatoms. The minimum Gasteiger partial charge on any atom is -0.396 e. The molecule has 0 aliphatic carbocycles. The number of anilines is 1. The highest BCUT2D eigenvalue weighted by Crippen LogP contribution is 2.35. The SMILES string of the molecule is C[C@@H](CO)CNc1cc(C#N)ccc1C(F)(F)F. The summed E-state index contributed by atoms with van der Waals surface area (Å²) >= 11 is 0. The Kier molecular flexibility index (Phi) is 4.56. The van der Waals surface area contributed by atoms with Crippen LogP contribution in [-0.4, -0.2) is 18.3 Å². The molecule has 0 saturated heterocycles. The number of hydrogen-bond acceptors (Lipinski definition) is 3. The molecular formula is C12H13F3N2O. The fourth-order valence-corrected chi connectivity index (χ4v) is 1.36. The van der Waals surface area contributed by atoms with Gasteiger partial charge >= 0.3 is 6.18 Å². The van der Waals surface area contributed by atoms with Gasteiger partial charge in [0.15, 0.2) is 0 Å². The van der Waals surface area contributed by atoms with E-state index in [-0.39, 0.29) is 30.3 Å². The largest absolute Gasteiger partial charge is 0.418 e. The molecule has 18 heavy (non-hydrogen) atoms. The first-order valence-corrected chi connectivity index (χ1v) is 5.34. The number of aliphatic hydroxyl groups excluding tert-OH is 1. The first-order valence-electron chi connectivity index (χ1n) is 5.34. The maximum absolute atomic E-state index is 12.7. The molecule has 98 valence electrons. The van der Waals surface area contributed by atoms with Crippen molar-refractivity contribution < 1.29 is 18.3 Å². The molecule has 0 aliphatic rings. The van der Waals surface area contributed by atoms with Crippen molar-refractivity contribution in [2.75, 3.05) is 18.5 Å². The minimum absolute atomic E-state index is 0.119. The van der Waals surface area contributed by atoms with E-state index in [1.54, 1.807) is 13.0 Å². The van der Waals surface area contributed by atoms with E-state index in [2.05, 4.69) is 5.32 Å². The van der Waals surface area contributed by atoms with E-state index in [1.165, 1.54) is 0 Å². The third kappa shape index (κ3) is 3.64. The number of alkyl halides is 3. The summed E-state index contributed by atoms with van der Waals surface area (Å²) in [5.41, 5.74) is -0.796. The van der Waals surface area contributed by atoms with Crippen LogP contribution in [0.15, 0.2) is 18.2 Å². The summed E-state index contributed by atoms with van der Waals surface area (Å²) in [6.07, 6.45) is -4.47. The Morgan fingerprint density at radius 1 is 1.44 bits per heavy atom. The lowest BCUT2D eigenvalue weighted by Gasteiger charge is -2.16. The lowest BCUT2D eigenvalue weighted by molar-refractivity contribution is -0.136. The predicted molar refractivity (Wildman–Crippen MR) is 60.9 cm³/mol. The zero-order valence-corrected chi connectivity index (χ0v) is 9.75. The summed E-state index contributed by atoms with van der Waals surface area (Å²) in [5.74, 6) is -0.170. The quantitative estimate of drug-likeness (QED) is 0.872. The van der Waals surface area contributed by atoms with Gasteiger partial charge in [0, 0.05) is 18.8 Å². The van der Waals surface area contributed by atoms with E-state index in [9.17, 15) is 13.2 Å². The second-order valence-electron chi connectivity index (χ2n) is 4.04. The Morgan fingerprint density at radius 2 is 2.11 bits per heavy atom. The van der Waals surface area contributed by atoms with Crippen LogP contribution in [0.4, 0.5) is 18.9 Å². The number of halogens is 3. The van der Waals surface area contributed by atoms with E-state index < -0.39 is 11.7 Å². The van der Waals surface area contributed by atoms with Gasteiger partial charge in [-0.3, -0.25) is 0 Å². The smallest absolute Gasteiger partial charge is 0.396 e. The molecule has 1 atom stereocenters. The molecule has 0 aromatic heterocycles. The van der Waals surface area contributed by atoms with Crippen molar-refractivity contribution in [1.82, 2.24) is 0 Å². The third-order valence-electron chi connectivity index (χ3n) is 2.41. The monoisotopic (exact) mass is 258 g/mol. The van der Waals surface area contributed by atoms with Crippen LogP contribution in [0.25, 0.3) is 0 Å². The van der Waals surface area contributed by atoms with Crippen molar-refractivity contribution in [3.05, 3.63) is 29.3 Å². The molecule has 0 unspecified atom stereocenters. The van der Waals surface area contributed by atoms with Crippen molar-refractivity contribution in [3.8, 4) is 6.07 Å². The standard InChI is InChI=1S/C12H13F3N2O/c1-8(7-18)6-17-11-4-9(5-16)2-3-10(11)12(13,14)15/h2-4,8,17-18H,6-7H2,1H3/t8-/m1/s1. The molecule has 0 spiro atoms. The molecular weight excluding hydrogens is 245 g/mol. The van der Waals surface area contributed by atoms with Gasteiger partial charge in [-0.25, -0.2) is 0 Å². The van der Waals surface area contributed by atoms with Gasteiger partial charge in [0.2, 0.25) is 0 Å². The molecule has 3 nitrogen and oxygen atoms in total. The number of nitriles is 1. The van der Waals surface area contributed by atoms with Crippen LogP contribution in [0.5, 0.6) is 0 Å². The van der Waals surface area contributed by atoms with Crippen molar-refractivity contribution in [2.45, 2.75) is 13.1 Å². The molecule has 0 amide bonds. The van der Waals surface area contributed by atoms with Crippen LogP contribution in [0.1, 0.15) is 18.1 Å². The third-order valence-corrected chi connectivity index (χ3v) is 2.41. The molecule has 0 heterocycles. The van der Waals surface area contributed by atoms with Gasteiger partial charge in [0.1, 0.15) is 0 Å². The highest BCUT2D eigenvalue weighted by atomic mass is 19.4. The zero-order valence-electron chi connectivity index (χ0n) is 9.75. The Morgan fingerprint density at radius 3 is 2.61 bits per heavy atom. The Balaban J connectivity index is 3.02. The molecule has 2 N–H and O–H groups in total. The van der Waals surface area contributed by atoms with Crippen molar-refractivity contribution in [2.24, 2.45) is 5.92 Å². The Hall–Kier alpha value is -1.74. The van der Waals surface area contributed by atoms with E-state index >= 15 is 0 Å². The molecule has 1 aromatic carbocycles. The van der Waals surface area contributed by atoms with Gasteiger partial charge in [0.05, 0.1) is 17.2 Å². The minimum atomic E-state index is -4.47. The topological polar surface area (TPSA) is 56.0 Å². The van der Waals surface area contributed by atoms with Crippen molar-refractivity contribution >= 4 is 5.69 Å². The van der Waals surface area contributed by atoms with Crippen LogP contribution < -0.4 is 5.32 Å². The van der Waals surface area contributed by atoms with Crippen LogP contribution in [0, 0.1) is 17.2 Å². The van der Waals surface area contributed by atoms with E-state index in [1.807, 2.05) is 0 Å². The Labute approximate surface area is 103 Å². The molecule has 0 bridgehead atoms. The number of benzene rings is 1. The summed E-state index contributed by atoms with van der Waals surface area (Å²) < 4.78 is 38.2. The van der Waals surface area contributed by atoms with Crippen molar-refractivity contribution in [3.63, 3.8) is 0 Å². The fraction of sp³-hybridized carbons (Fsp3) is 0.417. The van der Waals surface area contributed by atoms with Crippen LogP contribution in [-0.2, 0) is 6.18 Å². The number of nitrogens with one attached hydrogen (secondary N) is 1. The normalized spacial score (nSPS) is 12.9. The summed E-state index contributed by atoms with van der Waals surface area (Å²) in [7, 11) is 0. The summed E-state index contributed by atoms with van der Waals surface area (Å²) in [4.78, 5) is 0. The molecule has 0 aliphatic heterocycles. The van der Waals surface area contributed by atoms with E-state index in [0.717, 1.165) is 18.2 Å². The van der Waals surface area contributed by atoms with Gasteiger partial charge in [-0.1, -0.05) is 6.92 Å². The number of aliphatic hydroxyl groups is 1. The van der Waals surface area contributed by atoms with Gasteiger partial charge in [-0.05, 0) is 24.1 Å². The zero-order chi connectivity index (χ0) is 13.8. The van der Waals surface area contributed by atoms with Gasteiger partial charge in [-0.15, -0.1) is 0 Å². The van der Waals surface area contributed by atoms with Crippen LogP contribution in [0.3, 0.4) is 0 Å². The maximum Gasteiger partial charge on any atom is 0.418 e. The summed E-state index contributed by atoms with van der Waals surface area (Å²) in [6, 6.07) is 4.96. The first-order chi connectivity index (χ1) is 8.38. The molecule has 1 aromatic rings. The van der Waals surface area contributed by atoms with Gasteiger partial charge in [0.25, 0.3) is 0 Å². The highest BCUT2D eigenvalue weighted by molar-refractivity contribution is 5.57. The maximum atomic E-state index is 12.7. The highest BCUT2D eigenvalue weighted by Gasteiger charge is 2.33. The van der Waals surface area contributed by atoms with E-state index in [4.69, 9.17) is 10.4 Å². The summed E-state index contributed by atoms with van der Waals surface area (Å²) in [5, 5.41) is 20.1. The van der Waals surface area contributed by atoms with Crippen LogP contribution >= 0.6 is 0 Å². The lowest BCUT2D eigenvalue weighted by Crippen LogP contribution is -2.17. The average Bonchev–Trinajstić information content (AvgIpc) is 2.34. The van der Waals surface area contributed by atoms with Gasteiger partial charge in [-0.2, -0.15) is 18.4 Å². The Bertz CT molecular complexity index is 452. The fourth-order valence-electron chi connectivity index (χ4n) is 1.36. The lowest BCUT2D eigenvalue weighted by atomic mass is 10.1. The summed E-state index contributed by atoms with van der Waals surface area (Å²) in [6.45, 7) is 1.79. The molecule has 0 radical (unpaired) electrons. The first kappa shape index (κ1) is 14.3. The number of hydrogen-bond donors (Lipinski definition) is 2. The number of nitrogens with zero attached hydrogens (tertiary/aromatic N) is 1. The average molecular weight is 258 g/mol. The van der Waals surface area contributed by atoms with E-state index in [0.29, 0.717) is 0 Å². The molecule has 0 saturated carbocycles. The number of rotatable bonds is 4. The second kappa shape index (κ2) is 5.74. The predicted octanol–water partition coefficient (Wildman–Crippen LogP) is 2.62. The second-order valence-corrected chi connectivity index (χ2v) is 4.04. The molecule has 0 fully saturated rings. The van der Waals surface area contributed by atoms with Crippen LogP contribution in [0.2, 0.25) is 0 Å².